The van der Waals surface area contributed by atoms with E-state index in [0.717, 1.165) is 0 Å². The largest absolute Gasteiger partial charge is 0.493 e. The number of nitrogens with one attached hydrogen (secondary N) is 1. The standard InChI is InChI=1S/C12H13ClN2O4/c1-18-9-3-6-7(4-10(9)19-2)12(17)15-14-11(6)8(13)5-16/h3-4,8,16H,5H2,1-2H3,(H,15,17). The summed E-state index contributed by atoms with van der Waals surface area (Å²) in [5.74, 6) is 0.901. The summed E-state index contributed by atoms with van der Waals surface area (Å²) in [5.41, 5.74) is 0.0289. The lowest BCUT2D eigenvalue weighted by molar-refractivity contribution is 0.292. The van der Waals surface area contributed by atoms with Crippen LogP contribution in [0.15, 0.2) is 16.9 Å². The molecular formula is C12H13ClN2O4. The SMILES string of the molecule is COc1cc2c(C(Cl)CO)n[nH]c(=O)c2cc1OC. The van der Waals surface area contributed by atoms with E-state index in [1.54, 1.807) is 12.1 Å². The highest BCUT2D eigenvalue weighted by atomic mass is 35.5. The zero-order valence-electron chi connectivity index (χ0n) is 10.4. The van der Waals surface area contributed by atoms with Gasteiger partial charge in [0.1, 0.15) is 5.38 Å². The summed E-state index contributed by atoms with van der Waals surface area (Å²) < 4.78 is 10.3. The summed E-state index contributed by atoms with van der Waals surface area (Å²) in [6.45, 7) is -0.288. The molecule has 0 aliphatic heterocycles. The summed E-state index contributed by atoms with van der Waals surface area (Å²) in [5, 5.41) is 15.5. The Labute approximate surface area is 113 Å². The number of H-pyrrole nitrogens is 1. The molecule has 6 nitrogen and oxygen atoms in total. The quantitative estimate of drug-likeness (QED) is 0.825. The summed E-state index contributed by atoms with van der Waals surface area (Å²) in [4.78, 5) is 11.8. The molecular weight excluding hydrogens is 272 g/mol. The lowest BCUT2D eigenvalue weighted by Crippen LogP contribution is -2.13. The van der Waals surface area contributed by atoms with Gasteiger partial charge < -0.3 is 14.6 Å². The average molecular weight is 285 g/mol. The van der Waals surface area contributed by atoms with Crippen LogP contribution in [0.4, 0.5) is 0 Å². The third-order valence-corrected chi connectivity index (χ3v) is 3.12. The van der Waals surface area contributed by atoms with Crippen LogP contribution in [0.25, 0.3) is 10.8 Å². The number of hydrogen-bond acceptors (Lipinski definition) is 5. The molecule has 0 amide bonds. The fraction of sp³-hybridized carbons (Fsp3) is 0.333. The van der Waals surface area contributed by atoms with Gasteiger partial charge in [-0.15, -0.1) is 11.6 Å². The number of aromatic amines is 1. The Kier molecular flexibility index (Phi) is 3.92. The third kappa shape index (κ3) is 2.36. The molecule has 0 radical (unpaired) electrons. The maximum atomic E-state index is 11.8. The summed E-state index contributed by atoms with van der Waals surface area (Å²) in [6, 6.07) is 3.18. The van der Waals surface area contributed by atoms with Gasteiger partial charge in [-0.2, -0.15) is 5.10 Å². The highest BCUT2D eigenvalue weighted by Crippen LogP contribution is 2.33. The molecule has 0 aliphatic carbocycles. The molecule has 2 rings (SSSR count). The van der Waals surface area contributed by atoms with E-state index in [1.165, 1.54) is 14.2 Å². The lowest BCUT2D eigenvalue weighted by atomic mass is 10.1. The van der Waals surface area contributed by atoms with Crippen LogP contribution < -0.4 is 15.0 Å². The predicted octanol–water partition coefficient (Wildman–Crippen LogP) is 1.21. The second-order valence-corrected chi connectivity index (χ2v) is 4.37. The smallest absolute Gasteiger partial charge is 0.272 e. The van der Waals surface area contributed by atoms with Crippen molar-refractivity contribution in [2.45, 2.75) is 5.38 Å². The predicted molar refractivity (Wildman–Crippen MR) is 71.1 cm³/mol. The third-order valence-electron chi connectivity index (χ3n) is 2.78. The number of halogens is 1. The van der Waals surface area contributed by atoms with E-state index in [1.807, 2.05) is 0 Å². The molecule has 7 heteroatoms. The van der Waals surface area contributed by atoms with Crippen molar-refractivity contribution in [3.05, 3.63) is 28.2 Å². The van der Waals surface area contributed by atoms with Crippen molar-refractivity contribution < 1.29 is 14.6 Å². The molecule has 0 saturated carbocycles. The molecule has 19 heavy (non-hydrogen) atoms. The number of aliphatic hydroxyl groups excluding tert-OH is 1. The second kappa shape index (κ2) is 5.46. The lowest BCUT2D eigenvalue weighted by Gasteiger charge is -2.12. The van der Waals surface area contributed by atoms with Crippen LogP contribution in [0, 0.1) is 0 Å². The Morgan fingerprint density at radius 1 is 1.32 bits per heavy atom. The first-order valence-electron chi connectivity index (χ1n) is 5.51. The molecule has 0 spiro atoms. The van der Waals surface area contributed by atoms with E-state index in [0.29, 0.717) is 28.0 Å². The minimum absolute atomic E-state index is 0.288. The number of aliphatic hydroxyl groups is 1. The first-order chi connectivity index (χ1) is 9.12. The Hall–Kier alpha value is -1.79. The van der Waals surface area contributed by atoms with Gasteiger partial charge in [-0.25, -0.2) is 5.10 Å². The van der Waals surface area contributed by atoms with Gasteiger partial charge in [-0.05, 0) is 12.1 Å². The highest BCUT2D eigenvalue weighted by molar-refractivity contribution is 6.21. The van der Waals surface area contributed by atoms with Crippen LogP contribution in [-0.4, -0.2) is 36.1 Å². The number of rotatable bonds is 4. The highest BCUT2D eigenvalue weighted by Gasteiger charge is 2.17. The van der Waals surface area contributed by atoms with E-state index < -0.39 is 5.38 Å². The van der Waals surface area contributed by atoms with Gasteiger partial charge in [0.05, 0.1) is 31.9 Å². The number of ether oxygens (including phenoxy) is 2. The van der Waals surface area contributed by atoms with Gasteiger partial charge >= 0.3 is 0 Å². The molecule has 1 aromatic heterocycles. The Morgan fingerprint density at radius 3 is 2.42 bits per heavy atom. The molecule has 102 valence electrons. The van der Waals surface area contributed by atoms with Gasteiger partial charge in [0.15, 0.2) is 11.5 Å². The van der Waals surface area contributed by atoms with E-state index in [-0.39, 0.29) is 12.2 Å². The normalized spacial score (nSPS) is 12.4. The maximum Gasteiger partial charge on any atom is 0.272 e. The molecule has 1 aromatic carbocycles. The number of hydrogen-bond donors (Lipinski definition) is 2. The number of benzene rings is 1. The van der Waals surface area contributed by atoms with Crippen LogP contribution in [0.1, 0.15) is 11.1 Å². The zero-order chi connectivity index (χ0) is 14.0. The van der Waals surface area contributed by atoms with Crippen molar-refractivity contribution in [2.24, 2.45) is 0 Å². The fourth-order valence-electron chi connectivity index (χ4n) is 1.84. The van der Waals surface area contributed by atoms with E-state index in [4.69, 9.17) is 26.2 Å². The maximum absolute atomic E-state index is 11.8. The second-order valence-electron chi connectivity index (χ2n) is 3.84. The monoisotopic (exact) mass is 284 g/mol. The van der Waals surface area contributed by atoms with Crippen molar-refractivity contribution >= 4 is 22.4 Å². The minimum atomic E-state index is -0.711. The molecule has 0 saturated heterocycles. The molecule has 0 aliphatic rings. The molecule has 0 fully saturated rings. The number of methoxy groups -OCH3 is 2. The van der Waals surface area contributed by atoms with Crippen molar-refractivity contribution in [1.29, 1.82) is 0 Å². The van der Waals surface area contributed by atoms with Gasteiger partial charge in [0, 0.05) is 5.39 Å². The van der Waals surface area contributed by atoms with E-state index >= 15 is 0 Å². The van der Waals surface area contributed by atoms with Crippen molar-refractivity contribution in [3.8, 4) is 11.5 Å². The van der Waals surface area contributed by atoms with Gasteiger partial charge in [-0.1, -0.05) is 0 Å². The molecule has 2 aromatic rings. The molecule has 2 N–H and O–H groups in total. The van der Waals surface area contributed by atoms with Crippen molar-refractivity contribution in [2.75, 3.05) is 20.8 Å². The zero-order valence-corrected chi connectivity index (χ0v) is 11.2. The Bertz CT molecular complexity index is 656. The van der Waals surface area contributed by atoms with Gasteiger partial charge in [-0.3, -0.25) is 4.79 Å². The van der Waals surface area contributed by atoms with Crippen LogP contribution in [0.3, 0.4) is 0 Å². The van der Waals surface area contributed by atoms with Crippen LogP contribution in [0.2, 0.25) is 0 Å². The Balaban J connectivity index is 2.81. The Morgan fingerprint density at radius 2 is 1.89 bits per heavy atom. The fourth-order valence-corrected chi connectivity index (χ4v) is 2.00. The summed E-state index contributed by atoms with van der Waals surface area (Å²) in [6.07, 6.45) is 0. The first-order valence-corrected chi connectivity index (χ1v) is 5.95. The molecule has 1 unspecified atom stereocenters. The number of aromatic nitrogens is 2. The minimum Gasteiger partial charge on any atom is -0.493 e. The van der Waals surface area contributed by atoms with E-state index in [9.17, 15) is 4.79 Å². The topological polar surface area (TPSA) is 84.4 Å². The average Bonchev–Trinajstić information content (AvgIpc) is 2.45. The van der Waals surface area contributed by atoms with Crippen LogP contribution in [-0.2, 0) is 0 Å². The number of nitrogens with zero attached hydrogens (tertiary/aromatic N) is 1. The van der Waals surface area contributed by atoms with Gasteiger partial charge in [0.25, 0.3) is 5.56 Å². The number of fused-ring (bicyclic) bond motifs is 1. The number of alkyl halides is 1. The molecule has 1 heterocycles. The molecule has 1 atom stereocenters. The van der Waals surface area contributed by atoms with Gasteiger partial charge in [0.2, 0.25) is 0 Å². The van der Waals surface area contributed by atoms with Crippen LogP contribution >= 0.6 is 11.6 Å². The van der Waals surface area contributed by atoms with Crippen molar-refractivity contribution in [1.82, 2.24) is 10.2 Å². The first kappa shape index (κ1) is 13.6. The summed E-state index contributed by atoms with van der Waals surface area (Å²) in [7, 11) is 2.98. The van der Waals surface area contributed by atoms with E-state index in [2.05, 4.69) is 10.2 Å². The summed E-state index contributed by atoms with van der Waals surface area (Å²) >= 11 is 5.98. The molecule has 0 bridgehead atoms. The van der Waals surface area contributed by atoms with Crippen molar-refractivity contribution in [3.63, 3.8) is 0 Å². The van der Waals surface area contributed by atoms with Crippen LogP contribution in [0.5, 0.6) is 11.5 Å².